The monoisotopic (exact) mass is 338 g/mol. The van der Waals surface area contributed by atoms with Gasteiger partial charge in [0, 0.05) is 5.75 Å². The van der Waals surface area contributed by atoms with Gasteiger partial charge in [-0.1, -0.05) is 19.1 Å². The highest BCUT2D eigenvalue weighted by molar-refractivity contribution is 7.98. The van der Waals surface area contributed by atoms with E-state index in [9.17, 15) is 9.59 Å². The van der Waals surface area contributed by atoms with Crippen molar-refractivity contribution in [3.63, 3.8) is 0 Å². The molecule has 0 heterocycles. The molecule has 0 unspecified atom stereocenters. The van der Waals surface area contributed by atoms with Crippen LogP contribution in [0.25, 0.3) is 0 Å². The first-order valence-corrected chi connectivity index (χ1v) is 9.09. The largest absolute Gasteiger partial charge is 0.478 e. The second kappa shape index (κ2) is 9.60. The third kappa shape index (κ3) is 7.08. The average molecular weight is 338 g/mol. The Morgan fingerprint density at radius 1 is 1.17 bits per heavy atom. The van der Waals surface area contributed by atoms with E-state index in [0.717, 1.165) is 36.3 Å². The zero-order chi connectivity index (χ0) is 17.3. The van der Waals surface area contributed by atoms with E-state index in [1.165, 1.54) is 0 Å². The van der Waals surface area contributed by atoms with E-state index in [0.29, 0.717) is 12.2 Å². The van der Waals surface area contributed by atoms with E-state index in [4.69, 9.17) is 9.84 Å². The van der Waals surface area contributed by atoms with Crippen molar-refractivity contribution in [3.05, 3.63) is 35.4 Å². The Kier molecular flexibility index (Phi) is 8.17. The highest BCUT2D eigenvalue weighted by atomic mass is 32.2. The van der Waals surface area contributed by atoms with Crippen LogP contribution in [0.5, 0.6) is 0 Å². The number of carboxylic acids is 1. The number of hydrogen-bond acceptors (Lipinski definition) is 4. The Bertz CT molecular complexity index is 508. The van der Waals surface area contributed by atoms with Gasteiger partial charge in [-0.2, -0.15) is 11.8 Å². The normalized spacial score (nSPS) is 11.3. The van der Waals surface area contributed by atoms with E-state index in [-0.39, 0.29) is 5.97 Å². The van der Waals surface area contributed by atoms with Gasteiger partial charge in [-0.05, 0) is 56.6 Å². The smallest absolute Gasteiger partial charge is 0.335 e. The molecule has 5 heteroatoms. The second-order valence-electron chi connectivity index (χ2n) is 6.14. The third-order valence-corrected chi connectivity index (χ3v) is 4.94. The van der Waals surface area contributed by atoms with Crippen LogP contribution >= 0.6 is 11.8 Å². The van der Waals surface area contributed by atoms with Gasteiger partial charge in [-0.3, -0.25) is 4.79 Å². The molecule has 1 aromatic rings. The van der Waals surface area contributed by atoms with E-state index >= 15 is 0 Å². The molecule has 0 amide bonds. The summed E-state index contributed by atoms with van der Waals surface area (Å²) in [6.07, 6.45) is 2.65. The second-order valence-corrected chi connectivity index (χ2v) is 7.24. The molecular weight excluding hydrogens is 312 g/mol. The van der Waals surface area contributed by atoms with Crippen molar-refractivity contribution in [1.82, 2.24) is 0 Å². The molecule has 4 nitrogen and oxygen atoms in total. The minimum Gasteiger partial charge on any atom is -0.478 e. The van der Waals surface area contributed by atoms with Crippen LogP contribution in [0.2, 0.25) is 0 Å². The van der Waals surface area contributed by atoms with Crippen LogP contribution in [0.15, 0.2) is 24.3 Å². The molecule has 0 radical (unpaired) electrons. The number of benzene rings is 1. The zero-order valence-electron chi connectivity index (χ0n) is 14.1. The van der Waals surface area contributed by atoms with Crippen LogP contribution in [-0.2, 0) is 15.3 Å². The van der Waals surface area contributed by atoms with Crippen molar-refractivity contribution in [2.24, 2.45) is 5.41 Å². The topological polar surface area (TPSA) is 63.6 Å². The Balaban J connectivity index is 2.12. The number of carboxylic acid groups (broad SMARTS) is 1. The van der Waals surface area contributed by atoms with Gasteiger partial charge in [0.2, 0.25) is 0 Å². The molecule has 23 heavy (non-hydrogen) atoms. The van der Waals surface area contributed by atoms with Gasteiger partial charge in [0.05, 0.1) is 17.6 Å². The number of rotatable bonds is 10. The lowest BCUT2D eigenvalue weighted by Gasteiger charge is -2.20. The maximum atomic E-state index is 11.8. The molecule has 1 N–H and O–H groups in total. The first kappa shape index (κ1) is 19.6. The number of unbranched alkanes of at least 4 members (excludes halogenated alkanes) is 1. The lowest BCUT2D eigenvalue weighted by Crippen LogP contribution is -2.26. The van der Waals surface area contributed by atoms with Crippen molar-refractivity contribution < 1.29 is 19.4 Å². The SMILES string of the molecule is CCC(C)(C)C(=O)OCCCCSCc1ccc(C(=O)O)cc1. The van der Waals surface area contributed by atoms with Gasteiger partial charge in [-0.25, -0.2) is 4.79 Å². The van der Waals surface area contributed by atoms with Gasteiger partial charge in [-0.15, -0.1) is 0 Å². The van der Waals surface area contributed by atoms with Crippen molar-refractivity contribution in [1.29, 1.82) is 0 Å². The van der Waals surface area contributed by atoms with Crippen molar-refractivity contribution in [2.75, 3.05) is 12.4 Å². The molecule has 1 rings (SSSR count). The van der Waals surface area contributed by atoms with Crippen molar-refractivity contribution >= 4 is 23.7 Å². The summed E-state index contributed by atoms with van der Waals surface area (Å²) in [4.78, 5) is 22.5. The summed E-state index contributed by atoms with van der Waals surface area (Å²) in [6, 6.07) is 6.97. The molecule has 0 saturated carbocycles. The third-order valence-electron chi connectivity index (χ3n) is 3.82. The molecule has 0 bridgehead atoms. The molecule has 128 valence electrons. The summed E-state index contributed by atoms with van der Waals surface area (Å²) in [5.74, 6) is 0.842. The predicted octanol–water partition coefficient (Wildman–Crippen LogP) is 4.38. The lowest BCUT2D eigenvalue weighted by molar-refractivity contribution is -0.154. The van der Waals surface area contributed by atoms with Crippen molar-refractivity contribution in [2.45, 2.75) is 45.8 Å². The quantitative estimate of drug-likeness (QED) is 0.507. The number of carbonyl (C=O) groups is 2. The fourth-order valence-corrected chi connectivity index (χ4v) is 2.73. The average Bonchev–Trinajstić information content (AvgIpc) is 2.54. The van der Waals surface area contributed by atoms with Crippen LogP contribution in [0.4, 0.5) is 0 Å². The molecule has 0 spiro atoms. The summed E-state index contributed by atoms with van der Waals surface area (Å²) in [7, 11) is 0. The molecule has 0 aliphatic rings. The summed E-state index contributed by atoms with van der Waals surface area (Å²) >= 11 is 1.80. The highest BCUT2D eigenvalue weighted by Crippen LogP contribution is 2.21. The van der Waals surface area contributed by atoms with Gasteiger partial charge < -0.3 is 9.84 Å². The minimum atomic E-state index is -0.898. The van der Waals surface area contributed by atoms with Gasteiger partial charge in [0.25, 0.3) is 0 Å². The Morgan fingerprint density at radius 2 is 1.83 bits per heavy atom. The number of hydrogen-bond donors (Lipinski definition) is 1. The van der Waals surface area contributed by atoms with Gasteiger partial charge >= 0.3 is 11.9 Å². The first-order chi connectivity index (χ1) is 10.9. The molecule has 0 aliphatic heterocycles. The summed E-state index contributed by atoms with van der Waals surface area (Å²) in [5, 5.41) is 8.84. The molecule has 0 fully saturated rings. The van der Waals surface area contributed by atoms with E-state index in [1.807, 2.05) is 32.9 Å². The van der Waals surface area contributed by atoms with Gasteiger partial charge in [0.15, 0.2) is 0 Å². The standard InChI is InChI=1S/C18H26O4S/c1-4-18(2,3)17(21)22-11-5-6-12-23-13-14-7-9-15(10-8-14)16(19)20/h7-10H,4-6,11-13H2,1-3H3,(H,19,20). The predicted molar refractivity (Wildman–Crippen MR) is 93.8 cm³/mol. The minimum absolute atomic E-state index is 0.119. The fourth-order valence-electron chi connectivity index (χ4n) is 1.74. The Labute approximate surface area is 142 Å². The van der Waals surface area contributed by atoms with E-state index in [1.54, 1.807) is 23.9 Å². The Morgan fingerprint density at radius 3 is 2.39 bits per heavy atom. The van der Waals surface area contributed by atoms with Crippen molar-refractivity contribution in [3.8, 4) is 0 Å². The molecule has 0 atom stereocenters. The lowest BCUT2D eigenvalue weighted by atomic mass is 9.91. The number of esters is 1. The van der Waals surface area contributed by atoms with Gasteiger partial charge in [0.1, 0.15) is 0 Å². The van der Waals surface area contributed by atoms with Crippen LogP contribution < -0.4 is 0 Å². The molecule has 1 aromatic carbocycles. The van der Waals surface area contributed by atoms with E-state index < -0.39 is 11.4 Å². The molecule has 0 saturated heterocycles. The van der Waals surface area contributed by atoms with Crippen LogP contribution in [0.3, 0.4) is 0 Å². The molecule has 0 aromatic heterocycles. The van der Waals surface area contributed by atoms with Crippen LogP contribution in [0, 0.1) is 5.41 Å². The summed E-state index contributed by atoms with van der Waals surface area (Å²) < 4.78 is 5.29. The number of aromatic carboxylic acids is 1. The zero-order valence-corrected chi connectivity index (χ0v) is 14.9. The maximum absolute atomic E-state index is 11.8. The number of thioether (sulfide) groups is 1. The van der Waals surface area contributed by atoms with Crippen LogP contribution in [0.1, 0.15) is 56.0 Å². The molecular formula is C18H26O4S. The highest BCUT2D eigenvalue weighted by Gasteiger charge is 2.26. The molecule has 0 aliphatic carbocycles. The number of ether oxygens (including phenoxy) is 1. The maximum Gasteiger partial charge on any atom is 0.335 e. The van der Waals surface area contributed by atoms with E-state index in [2.05, 4.69) is 0 Å². The van der Waals surface area contributed by atoms with Crippen LogP contribution in [-0.4, -0.2) is 29.4 Å². The number of carbonyl (C=O) groups excluding carboxylic acids is 1. The fraction of sp³-hybridized carbons (Fsp3) is 0.556. The summed E-state index contributed by atoms with van der Waals surface area (Å²) in [5.41, 5.74) is 1.04. The summed E-state index contributed by atoms with van der Waals surface area (Å²) in [6.45, 7) is 6.28. The Hall–Kier alpha value is -1.49. The first-order valence-electron chi connectivity index (χ1n) is 7.94.